The van der Waals surface area contributed by atoms with Crippen molar-refractivity contribution in [3.63, 3.8) is 0 Å². The number of furan rings is 1. The summed E-state index contributed by atoms with van der Waals surface area (Å²) in [6.07, 6.45) is 2.13. The largest absolute Gasteiger partial charge is 0.433 e. The first-order chi connectivity index (χ1) is 8.16. The van der Waals surface area contributed by atoms with Gasteiger partial charge in [-0.1, -0.05) is 0 Å². The number of nitrogens with zero attached hydrogens (tertiary/aromatic N) is 1. The zero-order chi connectivity index (χ0) is 12.3. The van der Waals surface area contributed by atoms with Gasteiger partial charge in [0.2, 0.25) is 0 Å². The van der Waals surface area contributed by atoms with Crippen LogP contribution in [0.4, 0.5) is 5.88 Å². The molecule has 1 aliphatic heterocycles. The Hall–Kier alpha value is -1.60. The summed E-state index contributed by atoms with van der Waals surface area (Å²) in [6, 6.07) is 2.75. The first-order valence-corrected chi connectivity index (χ1v) is 5.42. The molecule has 0 spiro atoms. The van der Waals surface area contributed by atoms with Crippen LogP contribution in [0.15, 0.2) is 16.5 Å². The molecule has 2 rings (SSSR count). The maximum atomic E-state index is 11.6. The summed E-state index contributed by atoms with van der Waals surface area (Å²) in [4.78, 5) is 21.3. The van der Waals surface area contributed by atoms with Crippen LogP contribution in [0, 0.1) is 10.1 Å². The molecule has 1 unspecified atom stereocenters. The molecule has 1 aliphatic rings. The number of rotatable bonds is 4. The zero-order valence-electron chi connectivity index (χ0n) is 9.55. The van der Waals surface area contributed by atoms with Crippen molar-refractivity contribution in [3.8, 4) is 0 Å². The van der Waals surface area contributed by atoms with Crippen molar-refractivity contribution < 1.29 is 14.1 Å². The van der Waals surface area contributed by atoms with Gasteiger partial charge < -0.3 is 15.1 Å². The Labute approximate surface area is 109 Å². The number of carbonyl (C=O) groups is 1. The summed E-state index contributed by atoms with van der Waals surface area (Å²) in [5.41, 5.74) is 0. The fourth-order valence-corrected chi connectivity index (χ4v) is 1.78. The van der Waals surface area contributed by atoms with Crippen LogP contribution in [0.25, 0.3) is 0 Å². The summed E-state index contributed by atoms with van der Waals surface area (Å²) in [5, 5.41) is 16.3. The Morgan fingerprint density at radius 2 is 2.39 bits per heavy atom. The van der Waals surface area contributed by atoms with Crippen LogP contribution >= 0.6 is 12.4 Å². The fourth-order valence-electron chi connectivity index (χ4n) is 1.78. The average molecular weight is 276 g/mol. The number of nitrogens with one attached hydrogen (secondary N) is 2. The minimum atomic E-state index is -0.671. The van der Waals surface area contributed by atoms with Gasteiger partial charge in [0, 0.05) is 12.6 Å². The second-order valence-corrected chi connectivity index (χ2v) is 3.90. The SMILES string of the molecule is Cl.O=C(NCC1CCCN1)c1ccc([N+](=O)[O-])o1. The van der Waals surface area contributed by atoms with Crippen LogP contribution in [-0.4, -0.2) is 30.0 Å². The minimum absolute atomic E-state index is 0. The van der Waals surface area contributed by atoms with Crippen molar-refractivity contribution in [3.05, 3.63) is 28.0 Å². The summed E-state index contributed by atoms with van der Waals surface area (Å²) in [5.74, 6) is -0.879. The van der Waals surface area contributed by atoms with Gasteiger partial charge in [0.25, 0.3) is 5.91 Å². The van der Waals surface area contributed by atoms with Crippen LogP contribution < -0.4 is 10.6 Å². The van der Waals surface area contributed by atoms with E-state index in [1.165, 1.54) is 12.1 Å². The zero-order valence-corrected chi connectivity index (χ0v) is 10.4. The van der Waals surface area contributed by atoms with Crippen molar-refractivity contribution in [2.24, 2.45) is 0 Å². The molecule has 1 aromatic heterocycles. The highest BCUT2D eigenvalue weighted by molar-refractivity contribution is 5.91. The molecule has 1 amide bonds. The maximum Gasteiger partial charge on any atom is 0.433 e. The summed E-state index contributed by atoms with van der Waals surface area (Å²) < 4.78 is 4.79. The van der Waals surface area contributed by atoms with Gasteiger partial charge >= 0.3 is 5.88 Å². The van der Waals surface area contributed by atoms with Gasteiger partial charge in [0.05, 0.1) is 6.07 Å². The topological polar surface area (TPSA) is 97.4 Å². The van der Waals surface area contributed by atoms with Crippen molar-refractivity contribution in [2.45, 2.75) is 18.9 Å². The van der Waals surface area contributed by atoms with Gasteiger partial charge in [0.1, 0.15) is 4.92 Å². The molecule has 2 N–H and O–H groups in total. The Balaban J connectivity index is 0.00000162. The lowest BCUT2D eigenvalue weighted by atomic mass is 10.2. The molecule has 100 valence electrons. The van der Waals surface area contributed by atoms with E-state index in [0.29, 0.717) is 6.54 Å². The molecule has 1 aromatic rings. The average Bonchev–Trinajstić information content (AvgIpc) is 2.96. The van der Waals surface area contributed by atoms with E-state index in [0.717, 1.165) is 19.4 Å². The quantitative estimate of drug-likeness (QED) is 0.633. The van der Waals surface area contributed by atoms with E-state index in [4.69, 9.17) is 4.42 Å². The molecule has 1 atom stereocenters. The molecule has 1 fully saturated rings. The molecule has 0 saturated carbocycles. The van der Waals surface area contributed by atoms with E-state index in [-0.39, 0.29) is 24.2 Å². The van der Waals surface area contributed by atoms with E-state index < -0.39 is 16.7 Å². The first-order valence-electron chi connectivity index (χ1n) is 5.42. The molecule has 1 saturated heterocycles. The molecular formula is C10H14ClN3O4. The summed E-state index contributed by atoms with van der Waals surface area (Å²) >= 11 is 0. The second kappa shape index (κ2) is 6.36. The van der Waals surface area contributed by atoms with Crippen LogP contribution in [0.2, 0.25) is 0 Å². The Morgan fingerprint density at radius 1 is 1.61 bits per heavy atom. The normalized spacial score (nSPS) is 18.1. The lowest BCUT2D eigenvalue weighted by Gasteiger charge is -2.09. The molecule has 2 heterocycles. The molecule has 18 heavy (non-hydrogen) atoms. The van der Waals surface area contributed by atoms with Crippen molar-refractivity contribution in [1.82, 2.24) is 10.6 Å². The number of hydrogen-bond acceptors (Lipinski definition) is 5. The number of carbonyl (C=O) groups excluding carboxylic acids is 1. The van der Waals surface area contributed by atoms with E-state index in [1.807, 2.05) is 0 Å². The Morgan fingerprint density at radius 3 is 2.94 bits per heavy atom. The van der Waals surface area contributed by atoms with Gasteiger partial charge in [-0.3, -0.25) is 14.9 Å². The molecule has 8 heteroatoms. The molecule has 0 aromatic carbocycles. The first kappa shape index (κ1) is 14.5. The fraction of sp³-hybridized carbons (Fsp3) is 0.500. The highest BCUT2D eigenvalue weighted by atomic mass is 35.5. The van der Waals surface area contributed by atoms with E-state index >= 15 is 0 Å². The van der Waals surface area contributed by atoms with Crippen molar-refractivity contribution in [2.75, 3.05) is 13.1 Å². The Bertz CT molecular complexity index is 429. The van der Waals surface area contributed by atoms with Gasteiger partial charge in [-0.25, -0.2) is 0 Å². The highest BCUT2D eigenvalue weighted by Crippen LogP contribution is 2.15. The predicted molar refractivity (Wildman–Crippen MR) is 66.0 cm³/mol. The summed E-state index contributed by atoms with van der Waals surface area (Å²) in [7, 11) is 0. The van der Waals surface area contributed by atoms with Gasteiger partial charge in [0.15, 0.2) is 5.76 Å². The minimum Gasteiger partial charge on any atom is -0.395 e. The third kappa shape index (κ3) is 3.44. The monoisotopic (exact) mass is 275 g/mol. The predicted octanol–water partition coefficient (Wildman–Crippen LogP) is 1.09. The van der Waals surface area contributed by atoms with Gasteiger partial charge in [-0.2, -0.15) is 0 Å². The van der Waals surface area contributed by atoms with Crippen LogP contribution in [-0.2, 0) is 0 Å². The molecule has 0 radical (unpaired) electrons. The molecule has 0 bridgehead atoms. The van der Waals surface area contributed by atoms with Gasteiger partial charge in [-0.05, 0) is 25.5 Å². The highest BCUT2D eigenvalue weighted by Gasteiger charge is 2.19. The van der Waals surface area contributed by atoms with Crippen LogP contribution in [0.5, 0.6) is 0 Å². The third-order valence-electron chi connectivity index (χ3n) is 2.67. The van der Waals surface area contributed by atoms with Crippen molar-refractivity contribution in [1.29, 1.82) is 0 Å². The third-order valence-corrected chi connectivity index (χ3v) is 2.67. The number of halogens is 1. The standard InChI is InChI=1S/C10H13N3O4.ClH/c14-10(12-6-7-2-1-5-11-7)8-3-4-9(17-8)13(15)16;/h3-4,7,11H,1-2,5-6H2,(H,12,14);1H. The van der Waals surface area contributed by atoms with Crippen LogP contribution in [0.3, 0.4) is 0 Å². The lowest BCUT2D eigenvalue weighted by Crippen LogP contribution is -2.37. The molecule has 0 aliphatic carbocycles. The summed E-state index contributed by atoms with van der Waals surface area (Å²) in [6.45, 7) is 1.47. The van der Waals surface area contributed by atoms with E-state index in [2.05, 4.69) is 10.6 Å². The molecule has 7 nitrogen and oxygen atoms in total. The van der Waals surface area contributed by atoms with E-state index in [1.54, 1.807) is 0 Å². The number of hydrogen-bond donors (Lipinski definition) is 2. The van der Waals surface area contributed by atoms with Gasteiger partial charge in [-0.15, -0.1) is 12.4 Å². The van der Waals surface area contributed by atoms with Crippen molar-refractivity contribution >= 4 is 24.2 Å². The smallest absolute Gasteiger partial charge is 0.395 e. The van der Waals surface area contributed by atoms with Crippen LogP contribution in [0.1, 0.15) is 23.4 Å². The van der Waals surface area contributed by atoms with E-state index in [9.17, 15) is 14.9 Å². The molecular weight excluding hydrogens is 262 g/mol. The maximum absolute atomic E-state index is 11.6. The second-order valence-electron chi connectivity index (χ2n) is 3.90. The number of amides is 1. The lowest BCUT2D eigenvalue weighted by molar-refractivity contribution is -0.402. The Kier molecular flexibility index (Phi) is 5.11. The number of nitro groups is 1.